The first-order chi connectivity index (χ1) is 8.83. The third-order valence-electron chi connectivity index (χ3n) is 2.93. The van der Waals surface area contributed by atoms with Crippen LogP contribution in [0.5, 0.6) is 0 Å². The van der Waals surface area contributed by atoms with E-state index in [1.807, 2.05) is 6.92 Å². The van der Waals surface area contributed by atoms with Crippen molar-refractivity contribution < 1.29 is 9.57 Å². The van der Waals surface area contributed by atoms with E-state index in [0.29, 0.717) is 5.95 Å². The van der Waals surface area contributed by atoms with Crippen LogP contribution in [0.4, 0.5) is 5.95 Å². The molecule has 1 aliphatic heterocycles. The van der Waals surface area contributed by atoms with Crippen LogP contribution in [0, 0.1) is 0 Å². The minimum Gasteiger partial charge on any atom is -0.350 e. The molecular weight excluding hydrogens is 232 g/mol. The lowest BCUT2D eigenvalue weighted by Crippen LogP contribution is -2.25. The molecule has 1 unspecified atom stereocenters. The SMILES string of the molecule is CCc1nnc(NOC2CCCCO2)nc1CC. The van der Waals surface area contributed by atoms with E-state index in [9.17, 15) is 0 Å². The molecule has 1 aromatic rings. The molecule has 1 fully saturated rings. The van der Waals surface area contributed by atoms with Crippen molar-refractivity contribution in [3.63, 3.8) is 0 Å². The lowest BCUT2D eigenvalue weighted by molar-refractivity contribution is -0.146. The van der Waals surface area contributed by atoms with Crippen molar-refractivity contribution in [2.45, 2.75) is 52.2 Å². The summed E-state index contributed by atoms with van der Waals surface area (Å²) in [5.74, 6) is 0.401. The Bertz CT molecular complexity index is 380. The van der Waals surface area contributed by atoms with Crippen molar-refractivity contribution in [1.82, 2.24) is 15.2 Å². The van der Waals surface area contributed by atoms with Crippen molar-refractivity contribution in [3.8, 4) is 0 Å². The second-order valence-corrected chi connectivity index (χ2v) is 4.25. The molecule has 100 valence electrons. The van der Waals surface area contributed by atoms with Crippen LogP contribution >= 0.6 is 0 Å². The number of hydrogen-bond donors (Lipinski definition) is 1. The number of aryl methyl sites for hydroxylation is 2. The van der Waals surface area contributed by atoms with Gasteiger partial charge in [-0.3, -0.25) is 0 Å². The summed E-state index contributed by atoms with van der Waals surface area (Å²) in [5.41, 5.74) is 4.63. The first kappa shape index (κ1) is 13.2. The van der Waals surface area contributed by atoms with E-state index in [-0.39, 0.29) is 6.29 Å². The summed E-state index contributed by atoms with van der Waals surface area (Å²) < 4.78 is 5.44. The molecule has 0 aromatic carbocycles. The summed E-state index contributed by atoms with van der Waals surface area (Å²) in [7, 11) is 0. The highest BCUT2D eigenvalue weighted by Gasteiger charge is 2.15. The largest absolute Gasteiger partial charge is 0.350 e. The van der Waals surface area contributed by atoms with Gasteiger partial charge in [-0.2, -0.15) is 0 Å². The maximum Gasteiger partial charge on any atom is 0.267 e. The third kappa shape index (κ3) is 3.36. The molecule has 1 atom stereocenters. The predicted molar refractivity (Wildman–Crippen MR) is 66.9 cm³/mol. The molecule has 0 amide bonds. The van der Waals surface area contributed by atoms with Gasteiger partial charge in [-0.15, -0.1) is 10.2 Å². The van der Waals surface area contributed by atoms with Gasteiger partial charge in [-0.1, -0.05) is 13.8 Å². The number of rotatable bonds is 5. The molecule has 6 nitrogen and oxygen atoms in total. The molecule has 1 saturated heterocycles. The second kappa shape index (κ2) is 6.61. The molecule has 1 aromatic heterocycles. The predicted octanol–water partition coefficient (Wildman–Crippen LogP) is 1.87. The summed E-state index contributed by atoms with van der Waals surface area (Å²) in [6.07, 6.45) is 4.60. The van der Waals surface area contributed by atoms with E-state index in [2.05, 4.69) is 27.6 Å². The number of nitrogens with one attached hydrogen (secondary N) is 1. The molecule has 1 aliphatic rings. The zero-order valence-electron chi connectivity index (χ0n) is 11.0. The standard InChI is InChI=1S/C12H20N4O2/c1-3-9-10(4-2)14-15-12(13-9)16-18-11-7-5-6-8-17-11/h11H,3-8H2,1-2H3,(H,13,15,16). The number of aromatic nitrogens is 3. The Hall–Kier alpha value is -1.27. The van der Waals surface area contributed by atoms with Gasteiger partial charge in [0, 0.05) is 13.0 Å². The average molecular weight is 252 g/mol. The minimum absolute atomic E-state index is 0.210. The average Bonchev–Trinajstić information content (AvgIpc) is 2.45. The molecule has 1 N–H and O–H groups in total. The first-order valence-electron chi connectivity index (χ1n) is 6.59. The molecule has 0 aliphatic carbocycles. The van der Waals surface area contributed by atoms with Gasteiger partial charge in [0.25, 0.3) is 5.95 Å². The quantitative estimate of drug-likeness (QED) is 0.807. The van der Waals surface area contributed by atoms with Gasteiger partial charge in [-0.25, -0.2) is 15.3 Å². The smallest absolute Gasteiger partial charge is 0.267 e. The number of ether oxygens (including phenoxy) is 1. The van der Waals surface area contributed by atoms with E-state index >= 15 is 0 Å². The van der Waals surface area contributed by atoms with Crippen molar-refractivity contribution in [2.24, 2.45) is 0 Å². The highest BCUT2D eigenvalue weighted by molar-refractivity contribution is 5.22. The second-order valence-electron chi connectivity index (χ2n) is 4.25. The van der Waals surface area contributed by atoms with E-state index < -0.39 is 0 Å². The van der Waals surface area contributed by atoms with Crippen LogP contribution in [0.15, 0.2) is 0 Å². The number of hydrogen-bond acceptors (Lipinski definition) is 6. The summed E-state index contributed by atoms with van der Waals surface area (Å²) in [5, 5.41) is 8.13. The molecule has 0 spiro atoms. The van der Waals surface area contributed by atoms with E-state index in [1.54, 1.807) is 0 Å². The van der Waals surface area contributed by atoms with Gasteiger partial charge in [-0.05, 0) is 25.7 Å². The molecule has 2 heterocycles. The maximum atomic E-state index is 5.44. The van der Waals surface area contributed by atoms with E-state index in [4.69, 9.17) is 9.57 Å². The zero-order valence-corrected chi connectivity index (χ0v) is 11.0. The Morgan fingerprint density at radius 2 is 2.06 bits per heavy atom. The Morgan fingerprint density at radius 3 is 2.72 bits per heavy atom. The van der Waals surface area contributed by atoms with Gasteiger partial charge in [0.1, 0.15) is 0 Å². The van der Waals surface area contributed by atoms with Crippen molar-refractivity contribution in [1.29, 1.82) is 0 Å². The zero-order chi connectivity index (χ0) is 12.8. The van der Waals surface area contributed by atoms with Gasteiger partial charge < -0.3 is 4.74 Å². The molecular formula is C12H20N4O2. The third-order valence-corrected chi connectivity index (χ3v) is 2.93. The normalized spacial score (nSPS) is 19.8. The number of nitrogens with zero attached hydrogens (tertiary/aromatic N) is 3. The first-order valence-corrected chi connectivity index (χ1v) is 6.59. The molecule has 0 radical (unpaired) electrons. The fourth-order valence-corrected chi connectivity index (χ4v) is 1.90. The van der Waals surface area contributed by atoms with Crippen LogP contribution in [-0.4, -0.2) is 28.1 Å². The fourth-order valence-electron chi connectivity index (χ4n) is 1.90. The maximum absolute atomic E-state index is 5.44. The molecule has 18 heavy (non-hydrogen) atoms. The van der Waals surface area contributed by atoms with Crippen LogP contribution < -0.4 is 5.48 Å². The molecule has 2 rings (SSSR count). The van der Waals surface area contributed by atoms with Crippen LogP contribution in [0.2, 0.25) is 0 Å². The summed E-state index contributed by atoms with van der Waals surface area (Å²) >= 11 is 0. The summed E-state index contributed by atoms with van der Waals surface area (Å²) in [6.45, 7) is 4.85. The Balaban J connectivity index is 1.92. The topological polar surface area (TPSA) is 69.2 Å². The van der Waals surface area contributed by atoms with Crippen LogP contribution in [0.25, 0.3) is 0 Å². The molecule has 6 heteroatoms. The highest BCUT2D eigenvalue weighted by Crippen LogP contribution is 2.14. The molecule has 0 saturated carbocycles. The minimum atomic E-state index is -0.210. The monoisotopic (exact) mass is 252 g/mol. The van der Waals surface area contributed by atoms with Crippen LogP contribution in [-0.2, 0) is 22.4 Å². The van der Waals surface area contributed by atoms with Crippen LogP contribution in [0.3, 0.4) is 0 Å². The lowest BCUT2D eigenvalue weighted by atomic mass is 10.2. The summed E-state index contributed by atoms with van der Waals surface area (Å²) in [6, 6.07) is 0. The van der Waals surface area contributed by atoms with Crippen molar-refractivity contribution >= 4 is 5.95 Å². The Morgan fingerprint density at radius 1 is 1.22 bits per heavy atom. The Labute approximate surface area is 107 Å². The van der Waals surface area contributed by atoms with Crippen molar-refractivity contribution in [3.05, 3.63) is 11.4 Å². The van der Waals surface area contributed by atoms with E-state index in [0.717, 1.165) is 50.1 Å². The van der Waals surface area contributed by atoms with Crippen LogP contribution in [0.1, 0.15) is 44.5 Å². The Kier molecular flexibility index (Phi) is 4.83. The fraction of sp³-hybridized carbons (Fsp3) is 0.750. The van der Waals surface area contributed by atoms with Gasteiger partial charge in [0.2, 0.25) is 0 Å². The highest BCUT2D eigenvalue weighted by atomic mass is 16.8. The lowest BCUT2D eigenvalue weighted by Gasteiger charge is -2.22. The van der Waals surface area contributed by atoms with Crippen molar-refractivity contribution in [2.75, 3.05) is 12.1 Å². The van der Waals surface area contributed by atoms with Gasteiger partial charge in [0.15, 0.2) is 6.29 Å². The molecule has 0 bridgehead atoms. The summed E-state index contributed by atoms with van der Waals surface area (Å²) in [4.78, 5) is 9.79. The van der Waals surface area contributed by atoms with Gasteiger partial charge in [0.05, 0.1) is 11.4 Å². The van der Waals surface area contributed by atoms with Gasteiger partial charge >= 0.3 is 0 Å². The van der Waals surface area contributed by atoms with E-state index in [1.165, 1.54) is 0 Å². The number of anilines is 1.